The van der Waals surface area contributed by atoms with Gasteiger partial charge < -0.3 is 14.2 Å². The van der Waals surface area contributed by atoms with E-state index in [9.17, 15) is 4.79 Å². The lowest BCUT2D eigenvalue weighted by molar-refractivity contribution is -0.130. The summed E-state index contributed by atoms with van der Waals surface area (Å²) in [6.07, 6.45) is 3.95. The molecule has 2 aromatic heterocycles. The SMILES string of the molecule is Cc1cc2occ(CC(=O)N3CCN(c4nccs4)CC3)c2cc1C. The Morgan fingerprint density at radius 2 is 1.96 bits per heavy atom. The van der Waals surface area contributed by atoms with Crippen LogP contribution in [0.2, 0.25) is 0 Å². The number of aromatic nitrogens is 1. The topological polar surface area (TPSA) is 49.6 Å². The molecule has 0 spiro atoms. The Morgan fingerprint density at radius 3 is 2.68 bits per heavy atom. The lowest BCUT2D eigenvalue weighted by Gasteiger charge is -2.34. The second-order valence-electron chi connectivity index (χ2n) is 6.55. The standard InChI is InChI=1S/C19H21N3O2S/c1-13-9-16-15(12-24-17(16)10-14(13)2)11-18(23)21-4-6-22(7-5-21)19-20-3-8-25-19/h3,8-10,12H,4-7,11H2,1-2H3. The lowest BCUT2D eigenvalue weighted by Crippen LogP contribution is -2.49. The number of anilines is 1. The summed E-state index contributed by atoms with van der Waals surface area (Å²) in [6.45, 7) is 7.32. The van der Waals surface area contributed by atoms with E-state index in [0.717, 1.165) is 47.8 Å². The second-order valence-corrected chi connectivity index (χ2v) is 7.43. The van der Waals surface area contributed by atoms with E-state index in [1.807, 2.05) is 22.5 Å². The second kappa shape index (κ2) is 6.52. The monoisotopic (exact) mass is 355 g/mol. The molecule has 3 heterocycles. The number of amides is 1. The van der Waals surface area contributed by atoms with E-state index < -0.39 is 0 Å². The van der Waals surface area contributed by atoms with Crippen LogP contribution in [0, 0.1) is 13.8 Å². The molecule has 6 heteroatoms. The third-order valence-corrected chi connectivity index (χ3v) is 5.77. The van der Waals surface area contributed by atoms with Gasteiger partial charge in [-0.2, -0.15) is 0 Å². The summed E-state index contributed by atoms with van der Waals surface area (Å²) in [7, 11) is 0. The molecule has 4 rings (SSSR count). The van der Waals surface area contributed by atoms with Crippen molar-refractivity contribution in [1.82, 2.24) is 9.88 Å². The molecule has 0 atom stereocenters. The fourth-order valence-electron chi connectivity index (χ4n) is 3.27. The number of hydrogen-bond acceptors (Lipinski definition) is 5. The van der Waals surface area contributed by atoms with E-state index in [2.05, 4.69) is 29.8 Å². The first-order chi connectivity index (χ1) is 12.1. The van der Waals surface area contributed by atoms with Crippen LogP contribution in [0.3, 0.4) is 0 Å². The van der Waals surface area contributed by atoms with E-state index in [-0.39, 0.29) is 5.91 Å². The minimum Gasteiger partial charge on any atom is -0.464 e. The summed E-state index contributed by atoms with van der Waals surface area (Å²) in [5.41, 5.74) is 4.27. The summed E-state index contributed by atoms with van der Waals surface area (Å²) in [5, 5.41) is 4.08. The summed E-state index contributed by atoms with van der Waals surface area (Å²) in [6, 6.07) is 4.17. The van der Waals surface area contributed by atoms with Crippen LogP contribution in [-0.4, -0.2) is 42.0 Å². The molecule has 0 bridgehead atoms. The molecular weight excluding hydrogens is 334 g/mol. The van der Waals surface area contributed by atoms with Gasteiger partial charge in [0, 0.05) is 48.7 Å². The maximum atomic E-state index is 12.7. The number of carbonyl (C=O) groups is 1. The van der Waals surface area contributed by atoms with E-state index in [1.165, 1.54) is 11.1 Å². The van der Waals surface area contributed by atoms with Crippen molar-refractivity contribution >= 4 is 33.3 Å². The molecule has 0 radical (unpaired) electrons. The zero-order valence-electron chi connectivity index (χ0n) is 14.5. The van der Waals surface area contributed by atoms with Gasteiger partial charge in [-0.1, -0.05) is 0 Å². The lowest BCUT2D eigenvalue weighted by atomic mass is 10.0. The van der Waals surface area contributed by atoms with Crippen molar-refractivity contribution in [2.24, 2.45) is 0 Å². The third-order valence-electron chi connectivity index (χ3n) is 4.93. The van der Waals surface area contributed by atoms with Crippen LogP contribution in [0.5, 0.6) is 0 Å². The van der Waals surface area contributed by atoms with E-state index in [0.29, 0.717) is 6.42 Å². The Bertz CT molecular complexity index is 893. The van der Waals surface area contributed by atoms with Gasteiger partial charge in [-0.25, -0.2) is 4.98 Å². The van der Waals surface area contributed by atoms with Gasteiger partial charge in [0.1, 0.15) is 5.58 Å². The molecule has 5 nitrogen and oxygen atoms in total. The Morgan fingerprint density at radius 1 is 1.20 bits per heavy atom. The highest BCUT2D eigenvalue weighted by molar-refractivity contribution is 7.13. The number of benzene rings is 1. The number of nitrogens with zero attached hydrogens (tertiary/aromatic N) is 3. The Labute approximate surface area is 150 Å². The number of rotatable bonds is 3. The van der Waals surface area contributed by atoms with E-state index in [4.69, 9.17) is 4.42 Å². The Hall–Kier alpha value is -2.34. The molecule has 1 aliphatic heterocycles. The first-order valence-corrected chi connectivity index (χ1v) is 9.39. The minimum absolute atomic E-state index is 0.166. The zero-order valence-corrected chi connectivity index (χ0v) is 15.3. The molecule has 25 heavy (non-hydrogen) atoms. The quantitative estimate of drug-likeness (QED) is 0.722. The molecule has 1 aromatic carbocycles. The summed E-state index contributed by atoms with van der Waals surface area (Å²) in [5.74, 6) is 0.166. The predicted octanol–water partition coefficient (Wildman–Crippen LogP) is 3.40. The largest absolute Gasteiger partial charge is 0.464 e. The van der Waals surface area contributed by atoms with Crippen LogP contribution >= 0.6 is 11.3 Å². The number of carbonyl (C=O) groups excluding carboxylic acids is 1. The molecule has 1 fully saturated rings. The maximum Gasteiger partial charge on any atom is 0.227 e. The molecule has 0 N–H and O–H groups in total. The van der Waals surface area contributed by atoms with Crippen LogP contribution < -0.4 is 4.90 Å². The molecule has 130 valence electrons. The van der Waals surface area contributed by atoms with Gasteiger partial charge in [-0.3, -0.25) is 4.79 Å². The van der Waals surface area contributed by atoms with Gasteiger partial charge in [0.05, 0.1) is 12.7 Å². The van der Waals surface area contributed by atoms with Crippen molar-refractivity contribution in [2.75, 3.05) is 31.1 Å². The fourth-order valence-corrected chi connectivity index (χ4v) is 3.96. The van der Waals surface area contributed by atoms with Crippen molar-refractivity contribution < 1.29 is 9.21 Å². The maximum absolute atomic E-state index is 12.7. The Balaban J connectivity index is 1.44. The Kier molecular flexibility index (Phi) is 4.21. The van der Waals surface area contributed by atoms with Gasteiger partial charge in [0.2, 0.25) is 5.91 Å². The van der Waals surface area contributed by atoms with Crippen molar-refractivity contribution in [3.8, 4) is 0 Å². The molecule has 3 aromatic rings. The molecule has 1 aliphatic rings. The average molecular weight is 355 g/mol. The van der Waals surface area contributed by atoms with Crippen LogP contribution in [0.25, 0.3) is 11.0 Å². The van der Waals surface area contributed by atoms with Gasteiger partial charge >= 0.3 is 0 Å². The number of piperazine rings is 1. The van der Waals surface area contributed by atoms with Crippen LogP contribution in [0.1, 0.15) is 16.7 Å². The van der Waals surface area contributed by atoms with Gasteiger partial charge in [-0.05, 0) is 37.1 Å². The van der Waals surface area contributed by atoms with Crippen molar-refractivity contribution in [2.45, 2.75) is 20.3 Å². The number of fused-ring (bicyclic) bond motifs is 1. The highest BCUT2D eigenvalue weighted by atomic mass is 32.1. The van der Waals surface area contributed by atoms with Gasteiger partial charge in [0.15, 0.2) is 5.13 Å². The first kappa shape index (κ1) is 16.1. The van der Waals surface area contributed by atoms with Crippen LogP contribution in [0.4, 0.5) is 5.13 Å². The summed E-state index contributed by atoms with van der Waals surface area (Å²) in [4.78, 5) is 21.2. The smallest absolute Gasteiger partial charge is 0.227 e. The van der Waals surface area contributed by atoms with Crippen molar-refractivity contribution in [3.05, 3.63) is 46.7 Å². The molecule has 0 unspecified atom stereocenters. The molecule has 1 amide bonds. The molecular formula is C19H21N3O2S. The fraction of sp³-hybridized carbons (Fsp3) is 0.368. The van der Waals surface area contributed by atoms with Gasteiger partial charge in [-0.15, -0.1) is 11.3 Å². The molecule has 0 aliphatic carbocycles. The summed E-state index contributed by atoms with van der Waals surface area (Å²) < 4.78 is 5.65. The van der Waals surface area contributed by atoms with Crippen molar-refractivity contribution in [3.63, 3.8) is 0 Å². The number of furan rings is 1. The molecule has 1 saturated heterocycles. The van der Waals surface area contributed by atoms with Crippen LogP contribution in [0.15, 0.2) is 34.4 Å². The predicted molar refractivity (Wildman–Crippen MR) is 100 cm³/mol. The van der Waals surface area contributed by atoms with Crippen LogP contribution in [-0.2, 0) is 11.2 Å². The third kappa shape index (κ3) is 3.14. The minimum atomic E-state index is 0.166. The van der Waals surface area contributed by atoms with Crippen molar-refractivity contribution in [1.29, 1.82) is 0 Å². The van der Waals surface area contributed by atoms with Gasteiger partial charge in [0.25, 0.3) is 0 Å². The highest BCUT2D eigenvalue weighted by Gasteiger charge is 2.23. The zero-order chi connectivity index (χ0) is 17.4. The van der Waals surface area contributed by atoms with E-state index >= 15 is 0 Å². The summed E-state index contributed by atoms with van der Waals surface area (Å²) >= 11 is 1.65. The van der Waals surface area contributed by atoms with E-state index in [1.54, 1.807) is 17.6 Å². The molecule has 0 saturated carbocycles. The number of hydrogen-bond donors (Lipinski definition) is 0. The number of thiazole rings is 1. The first-order valence-electron chi connectivity index (χ1n) is 8.51. The normalized spacial score (nSPS) is 15.1. The highest BCUT2D eigenvalue weighted by Crippen LogP contribution is 2.26. The average Bonchev–Trinajstić information content (AvgIpc) is 3.27. The number of aryl methyl sites for hydroxylation is 2.